The fourth-order valence-electron chi connectivity index (χ4n) is 1.81. The van der Waals surface area contributed by atoms with E-state index in [9.17, 15) is 5.26 Å². The van der Waals surface area contributed by atoms with Crippen LogP contribution in [0.15, 0.2) is 40.4 Å². The minimum absolute atomic E-state index is 0.0654. The van der Waals surface area contributed by atoms with Crippen molar-refractivity contribution in [1.29, 1.82) is 5.26 Å². The van der Waals surface area contributed by atoms with Gasteiger partial charge in [-0.25, -0.2) is 0 Å². The molecule has 0 aliphatic rings. The van der Waals surface area contributed by atoms with Gasteiger partial charge in [-0.1, -0.05) is 17.8 Å². The Kier molecular flexibility index (Phi) is 4.71. The van der Waals surface area contributed by atoms with E-state index in [2.05, 4.69) is 43.3 Å². The lowest BCUT2D eigenvalue weighted by Gasteiger charge is -2.20. The second-order valence-corrected chi connectivity index (χ2v) is 7.11. The van der Waals surface area contributed by atoms with Gasteiger partial charge < -0.3 is 5.32 Å². The molecule has 0 saturated heterocycles. The van der Waals surface area contributed by atoms with E-state index in [1.54, 1.807) is 22.6 Å². The largest absolute Gasteiger partial charge is 0.308 e. The summed E-state index contributed by atoms with van der Waals surface area (Å²) in [4.78, 5) is 2.00. The summed E-state index contributed by atoms with van der Waals surface area (Å²) in [6.07, 6.45) is 3.75. The Morgan fingerprint density at radius 3 is 2.71 bits per heavy atom. The molecule has 0 spiro atoms. The molecule has 2 aromatic rings. The van der Waals surface area contributed by atoms with Gasteiger partial charge in [0.1, 0.15) is 6.07 Å². The zero-order valence-corrected chi connectivity index (χ0v) is 13.7. The molecule has 0 saturated carbocycles. The van der Waals surface area contributed by atoms with E-state index in [1.165, 1.54) is 0 Å². The van der Waals surface area contributed by atoms with Gasteiger partial charge in [0.05, 0.1) is 16.7 Å². The molecule has 2 rings (SSSR count). The van der Waals surface area contributed by atoms with Crippen molar-refractivity contribution in [3.63, 3.8) is 0 Å². The summed E-state index contributed by atoms with van der Waals surface area (Å²) >= 11 is 1.57. The fraction of sp³-hybridized carbons (Fsp3) is 0.375. The molecule has 1 aromatic heterocycles. The van der Waals surface area contributed by atoms with Gasteiger partial charge in [0.15, 0.2) is 0 Å². The highest BCUT2D eigenvalue weighted by Gasteiger charge is 2.10. The van der Waals surface area contributed by atoms with Crippen LogP contribution in [-0.4, -0.2) is 15.3 Å². The van der Waals surface area contributed by atoms with Gasteiger partial charge in [0.2, 0.25) is 0 Å². The molecule has 5 heteroatoms. The summed E-state index contributed by atoms with van der Waals surface area (Å²) in [5.74, 6) is 0. The number of rotatable bonds is 4. The van der Waals surface area contributed by atoms with Crippen molar-refractivity contribution in [1.82, 2.24) is 15.1 Å². The molecule has 1 aromatic carbocycles. The number of hydrogen-bond donors (Lipinski definition) is 1. The summed E-state index contributed by atoms with van der Waals surface area (Å²) in [5, 5.41) is 16.9. The lowest BCUT2D eigenvalue weighted by atomic mass is 10.1. The average molecular weight is 300 g/mol. The van der Waals surface area contributed by atoms with Gasteiger partial charge in [0, 0.05) is 30.2 Å². The molecule has 0 aliphatic carbocycles. The van der Waals surface area contributed by atoms with E-state index in [1.807, 2.05) is 25.4 Å². The zero-order chi connectivity index (χ0) is 15.5. The van der Waals surface area contributed by atoms with Gasteiger partial charge in [0.25, 0.3) is 0 Å². The average Bonchev–Trinajstić information content (AvgIpc) is 2.82. The molecule has 1 heterocycles. The standard InChI is InChI=1S/C16H20N4S/c1-16(2,3)18-9-12-5-6-15(13(7-12)8-17)21-14-10-19-20(4)11-14/h5-7,10-11,18H,9H2,1-4H3. The number of aryl methyl sites for hydroxylation is 1. The van der Waals surface area contributed by atoms with E-state index in [-0.39, 0.29) is 5.54 Å². The van der Waals surface area contributed by atoms with Crippen molar-refractivity contribution >= 4 is 11.8 Å². The highest BCUT2D eigenvalue weighted by Crippen LogP contribution is 2.30. The summed E-state index contributed by atoms with van der Waals surface area (Å²) in [6, 6.07) is 8.32. The summed E-state index contributed by atoms with van der Waals surface area (Å²) in [6.45, 7) is 7.15. The van der Waals surface area contributed by atoms with E-state index >= 15 is 0 Å². The zero-order valence-electron chi connectivity index (χ0n) is 12.8. The molecule has 0 fully saturated rings. The summed E-state index contributed by atoms with van der Waals surface area (Å²) < 4.78 is 1.76. The predicted molar refractivity (Wildman–Crippen MR) is 85.1 cm³/mol. The lowest BCUT2D eigenvalue weighted by Crippen LogP contribution is -2.35. The highest BCUT2D eigenvalue weighted by molar-refractivity contribution is 7.99. The van der Waals surface area contributed by atoms with Gasteiger partial charge in [-0.05, 0) is 38.5 Å². The van der Waals surface area contributed by atoms with Gasteiger partial charge in [-0.3, -0.25) is 4.68 Å². The van der Waals surface area contributed by atoms with Crippen molar-refractivity contribution < 1.29 is 0 Å². The second kappa shape index (κ2) is 6.33. The molecule has 0 radical (unpaired) electrons. The topological polar surface area (TPSA) is 53.6 Å². The van der Waals surface area contributed by atoms with E-state index < -0.39 is 0 Å². The van der Waals surface area contributed by atoms with Crippen LogP contribution in [0.5, 0.6) is 0 Å². The molecule has 0 atom stereocenters. The van der Waals surface area contributed by atoms with Crippen LogP contribution in [0.25, 0.3) is 0 Å². The maximum atomic E-state index is 9.35. The second-order valence-electron chi connectivity index (χ2n) is 6.00. The van der Waals surface area contributed by atoms with Crippen molar-refractivity contribution in [3.05, 3.63) is 41.7 Å². The first kappa shape index (κ1) is 15.6. The molecule has 0 aliphatic heterocycles. The van der Waals surface area contributed by atoms with Crippen LogP contribution in [0.2, 0.25) is 0 Å². The molecule has 4 nitrogen and oxygen atoms in total. The Hall–Kier alpha value is -1.77. The smallest absolute Gasteiger partial charge is 0.100 e. The highest BCUT2D eigenvalue weighted by atomic mass is 32.2. The third-order valence-electron chi connectivity index (χ3n) is 2.90. The number of nitrogens with one attached hydrogen (secondary N) is 1. The first-order valence-corrected chi connectivity index (χ1v) is 7.63. The van der Waals surface area contributed by atoms with Crippen molar-refractivity contribution in [2.75, 3.05) is 0 Å². The van der Waals surface area contributed by atoms with Crippen LogP contribution >= 0.6 is 11.8 Å². The Morgan fingerprint density at radius 2 is 2.14 bits per heavy atom. The van der Waals surface area contributed by atoms with E-state index in [4.69, 9.17) is 0 Å². The number of nitriles is 1. The SMILES string of the molecule is Cn1cc(Sc2ccc(CNC(C)(C)C)cc2C#N)cn1. The molecule has 1 N–H and O–H groups in total. The molecule has 0 bridgehead atoms. The van der Waals surface area contributed by atoms with Crippen LogP contribution in [0.4, 0.5) is 0 Å². The Labute approximate surface area is 130 Å². The normalized spacial score (nSPS) is 11.4. The van der Waals surface area contributed by atoms with Crippen molar-refractivity contribution in [3.8, 4) is 6.07 Å². The van der Waals surface area contributed by atoms with Crippen molar-refractivity contribution in [2.45, 2.75) is 42.6 Å². The minimum atomic E-state index is 0.0654. The number of aromatic nitrogens is 2. The van der Waals surface area contributed by atoms with Gasteiger partial charge in [-0.15, -0.1) is 0 Å². The molecule has 0 amide bonds. The summed E-state index contributed by atoms with van der Waals surface area (Å²) in [7, 11) is 1.89. The van der Waals surface area contributed by atoms with Crippen LogP contribution in [0.1, 0.15) is 31.9 Å². The number of benzene rings is 1. The Balaban J connectivity index is 2.15. The quantitative estimate of drug-likeness (QED) is 0.941. The van der Waals surface area contributed by atoms with E-state index in [0.29, 0.717) is 5.56 Å². The first-order chi connectivity index (χ1) is 9.87. The molecular formula is C16H20N4S. The first-order valence-electron chi connectivity index (χ1n) is 6.82. The summed E-state index contributed by atoms with van der Waals surface area (Å²) in [5.41, 5.74) is 1.89. The minimum Gasteiger partial charge on any atom is -0.308 e. The maximum Gasteiger partial charge on any atom is 0.100 e. The molecule has 21 heavy (non-hydrogen) atoms. The maximum absolute atomic E-state index is 9.35. The fourth-order valence-corrected chi connectivity index (χ4v) is 2.72. The van der Waals surface area contributed by atoms with Gasteiger partial charge in [-0.2, -0.15) is 10.4 Å². The van der Waals surface area contributed by atoms with Crippen molar-refractivity contribution in [2.24, 2.45) is 7.05 Å². The lowest BCUT2D eigenvalue weighted by molar-refractivity contribution is 0.424. The Morgan fingerprint density at radius 1 is 1.38 bits per heavy atom. The number of hydrogen-bond acceptors (Lipinski definition) is 4. The molecular weight excluding hydrogens is 280 g/mol. The third-order valence-corrected chi connectivity index (χ3v) is 3.92. The molecule has 0 unspecified atom stereocenters. The molecule has 110 valence electrons. The van der Waals surface area contributed by atoms with E-state index in [0.717, 1.165) is 21.9 Å². The Bertz CT molecular complexity index is 662. The predicted octanol–water partition coefficient (Wildman–Crippen LogP) is 3.33. The van der Waals surface area contributed by atoms with Crippen LogP contribution in [0, 0.1) is 11.3 Å². The van der Waals surface area contributed by atoms with Crippen LogP contribution in [-0.2, 0) is 13.6 Å². The van der Waals surface area contributed by atoms with Crippen LogP contribution < -0.4 is 5.32 Å². The van der Waals surface area contributed by atoms with Gasteiger partial charge >= 0.3 is 0 Å². The number of nitrogens with zero attached hydrogens (tertiary/aromatic N) is 3. The van der Waals surface area contributed by atoms with Crippen LogP contribution in [0.3, 0.4) is 0 Å². The monoisotopic (exact) mass is 300 g/mol. The third kappa shape index (κ3) is 4.62.